The first-order chi connectivity index (χ1) is 10.0. The van der Waals surface area contributed by atoms with Crippen LogP contribution in [0.4, 0.5) is 5.69 Å². The maximum absolute atomic E-state index is 11.4. The van der Waals surface area contributed by atoms with E-state index in [1.165, 1.54) is 0 Å². The number of amides is 1. The van der Waals surface area contributed by atoms with Crippen molar-refractivity contribution in [3.63, 3.8) is 0 Å². The molecule has 0 bridgehead atoms. The van der Waals surface area contributed by atoms with Gasteiger partial charge < -0.3 is 10.1 Å². The number of halogens is 3. The number of rotatable bonds is 2. The lowest BCUT2D eigenvalue weighted by Crippen LogP contribution is -2.25. The number of carbonyl (C=O) groups is 1. The van der Waals surface area contributed by atoms with Gasteiger partial charge in [0, 0.05) is 8.95 Å². The summed E-state index contributed by atoms with van der Waals surface area (Å²) < 4.78 is 7.40. The summed E-state index contributed by atoms with van der Waals surface area (Å²) in [5, 5.41) is 2.83. The molecule has 1 amide bonds. The van der Waals surface area contributed by atoms with E-state index in [9.17, 15) is 4.79 Å². The first kappa shape index (κ1) is 15.1. The Bertz CT molecular complexity index is 718. The zero-order chi connectivity index (χ0) is 15.0. The Kier molecular flexibility index (Phi) is 4.38. The molecule has 0 saturated carbocycles. The number of hydrogen-bond donors (Lipinski definition) is 1. The third kappa shape index (κ3) is 3.17. The molecule has 2 aromatic rings. The van der Waals surface area contributed by atoms with Crippen LogP contribution in [0.15, 0.2) is 45.3 Å². The van der Waals surface area contributed by atoms with E-state index in [0.29, 0.717) is 11.4 Å². The van der Waals surface area contributed by atoms with Crippen molar-refractivity contribution < 1.29 is 9.53 Å². The lowest BCUT2D eigenvalue weighted by Gasteiger charge is -2.20. The van der Waals surface area contributed by atoms with Gasteiger partial charge in [0.05, 0.1) is 10.5 Å². The Morgan fingerprint density at radius 2 is 1.95 bits per heavy atom. The highest BCUT2D eigenvalue weighted by Gasteiger charge is 2.19. The number of ether oxygens (including phenoxy) is 1. The standard InChI is InChI=1S/C15H10Br3NO2/c16-9-2-3-10(11(17)6-9)15(18)8-1-4-13-12(5-8)19-14(20)7-21-13/h1-6,15H,7H2,(H,19,20). The van der Waals surface area contributed by atoms with E-state index in [-0.39, 0.29) is 17.3 Å². The summed E-state index contributed by atoms with van der Waals surface area (Å²) in [5.74, 6) is 0.573. The van der Waals surface area contributed by atoms with Crippen LogP contribution >= 0.6 is 47.8 Å². The van der Waals surface area contributed by atoms with Gasteiger partial charge in [-0.25, -0.2) is 0 Å². The van der Waals surface area contributed by atoms with E-state index >= 15 is 0 Å². The molecule has 2 aromatic carbocycles. The minimum Gasteiger partial charge on any atom is -0.482 e. The van der Waals surface area contributed by atoms with Gasteiger partial charge in [-0.15, -0.1) is 0 Å². The van der Waals surface area contributed by atoms with Crippen LogP contribution in [0.5, 0.6) is 5.75 Å². The average molecular weight is 476 g/mol. The van der Waals surface area contributed by atoms with Crippen molar-refractivity contribution in [3.8, 4) is 5.75 Å². The minimum absolute atomic E-state index is 0.0177. The number of nitrogens with one attached hydrogen (secondary N) is 1. The lowest BCUT2D eigenvalue weighted by atomic mass is 10.0. The van der Waals surface area contributed by atoms with E-state index < -0.39 is 0 Å². The summed E-state index contributed by atoms with van der Waals surface area (Å²) in [4.78, 5) is 11.4. The Labute approximate surface area is 147 Å². The van der Waals surface area contributed by atoms with E-state index in [1.54, 1.807) is 0 Å². The Balaban J connectivity index is 1.96. The van der Waals surface area contributed by atoms with Gasteiger partial charge in [0.1, 0.15) is 5.75 Å². The lowest BCUT2D eigenvalue weighted by molar-refractivity contribution is -0.118. The largest absolute Gasteiger partial charge is 0.482 e. The van der Waals surface area contributed by atoms with Crippen LogP contribution in [0.1, 0.15) is 16.0 Å². The molecule has 6 heteroatoms. The van der Waals surface area contributed by atoms with Crippen molar-refractivity contribution in [3.05, 3.63) is 56.5 Å². The van der Waals surface area contributed by atoms with Crippen molar-refractivity contribution in [2.75, 3.05) is 11.9 Å². The fourth-order valence-electron chi connectivity index (χ4n) is 2.14. The van der Waals surface area contributed by atoms with Gasteiger partial charge in [0.25, 0.3) is 5.91 Å². The summed E-state index contributed by atoms with van der Waals surface area (Å²) in [7, 11) is 0. The van der Waals surface area contributed by atoms with Gasteiger partial charge in [-0.2, -0.15) is 0 Å². The summed E-state index contributed by atoms with van der Waals surface area (Å²) in [5.41, 5.74) is 2.87. The van der Waals surface area contributed by atoms with Gasteiger partial charge in [-0.05, 0) is 35.4 Å². The van der Waals surface area contributed by atoms with Crippen LogP contribution in [0.3, 0.4) is 0 Å². The first-order valence-electron chi connectivity index (χ1n) is 6.20. The van der Waals surface area contributed by atoms with E-state index in [2.05, 4.69) is 53.1 Å². The molecule has 1 heterocycles. The minimum atomic E-state index is -0.129. The van der Waals surface area contributed by atoms with Crippen molar-refractivity contribution in [1.82, 2.24) is 0 Å². The number of benzene rings is 2. The molecule has 0 fully saturated rings. The van der Waals surface area contributed by atoms with Crippen molar-refractivity contribution in [2.24, 2.45) is 0 Å². The predicted octanol–water partition coefficient (Wildman–Crippen LogP) is 5.03. The highest BCUT2D eigenvalue weighted by molar-refractivity contribution is 9.11. The molecule has 1 aliphatic heterocycles. The Morgan fingerprint density at radius 1 is 1.14 bits per heavy atom. The first-order valence-corrected chi connectivity index (χ1v) is 8.70. The molecule has 3 rings (SSSR count). The summed E-state index contributed by atoms with van der Waals surface area (Å²) in [6, 6.07) is 11.8. The third-order valence-corrected chi connectivity index (χ3v) is 5.37. The number of anilines is 1. The quantitative estimate of drug-likeness (QED) is 0.619. The molecule has 1 N–H and O–H groups in total. The second-order valence-electron chi connectivity index (χ2n) is 4.62. The fraction of sp³-hybridized carbons (Fsp3) is 0.133. The van der Waals surface area contributed by atoms with Crippen LogP contribution in [0.25, 0.3) is 0 Å². The van der Waals surface area contributed by atoms with Crippen LogP contribution in [-0.4, -0.2) is 12.5 Å². The number of fused-ring (bicyclic) bond motifs is 1. The monoisotopic (exact) mass is 473 g/mol. The summed E-state index contributed by atoms with van der Waals surface area (Å²) in [6.07, 6.45) is 0. The highest BCUT2D eigenvalue weighted by Crippen LogP contribution is 2.39. The molecule has 1 unspecified atom stereocenters. The molecule has 108 valence electrons. The molecule has 1 atom stereocenters. The van der Waals surface area contributed by atoms with Crippen molar-refractivity contribution >= 4 is 59.4 Å². The van der Waals surface area contributed by atoms with Crippen LogP contribution in [0.2, 0.25) is 0 Å². The maximum Gasteiger partial charge on any atom is 0.262 e. The second kappa shape index (κ2) is 6.10. The van der Waals surface area contributed by atoms with Gasteiger partial charge in [0.15, 0.2) is 6.61 Å². The van der Waals surface area contributed by atoms with Gasteiger partial charge in [-0.3, -0.25) is 4.79 Å². The highest BCUT2D eigenvalue weighted by atomic mass is 79.9. The molecule has 21 heavy (non-hydrogen) atoms. The molecule has 3 nitrogen and oxygen atoms in total. The topological polar surface area (TPSA) is 38.3 Å². The Morgan fingerprint density at radius 3 is 2.71 bits per heavy atom. The molecule has 1 aliphatic rings. The van der Waals surface area contributed by atoms with Crippen LogP contribution in [-0.2, 0) is 4.79 Å². The molecule has 0 spiro atoms. The number of alkyl halides is 1. The van der Waals surface area contributed by atoms with E-state index in [1.807, 2.05) is 36.4 Å². The normalized spacial score (nSPS) is 14.9. The molecule has 0 aliphatic carbocycles. The maximum atomic E-state index is 11.4. The predicted molar refractivity (Wildman–Crippen MR) is 93.2 cm³/mol. The summed E-state index contributed by atoms with van der Waals surface area (Å²) in [6.45, 7) is 0.0718. The Hall–Kier alpha value is -0.850. The van der Waals surface area contributed by atoms with Crippen LogP contribution in [0, 0.1) is 0 Å². The van der Waals surface area contributed by atoms with E-state index in [0.717, 1.165) is 20.1 Å². The third-order valence-electron chi connectivity index (χ3n) is 3.16. The molecule has 0 radical (unpaired) electrons. The van der Waals surface area contributed by atoms with Gasteiger partial charge in [-0.1, -0.05) is 59.9 Å². The van der Waals surface area contributed by atoms with Gasteiger partial charge >= 0.3 is 0 Å². The molecular weight excluding hydrogens is 466 g/mol. The number of carbonyl (C=O) groups excluding carboxylic acids is 1. The summed E-state index contributed by atoms with van der Waals surface area (Å²) >= 11 is 10.7. The average Bonchev–Trinajstić information content (AvgIpc) is 2.46. The van der Waals surface area contributed by atoms with Crippen molar-refractivity contribution in [2.45, 2.75) is 4.83 Å². The SMILES string of the molecule is O=C1COc2ccc(C(Br)c3ccc(Br)cc3Br)cc2N1. The molecule has 0 saturated heterocycles. The number of hydrogen-bond acceptors (Lipinski definition) is 2. The van der Waals surface area contributed by atoms with Gasteiger partial charge in [0.2, 0.25) is 0 Å². The van der Waals surface area contributed by atoms with Crippen LogP contribution < -0.4 is 10.1 Å². The second-order valence-corrected chi connectivity index (χ2v) is 7.31. The molecule has 0 aromatic heterocycles. The molecular formula is C15H10Br3NO2. The van der Waals surface area contributed by atoms with Crippen molar-refractivity contribution in [1.29, 1.82) is 0 Å². The van der Waals surface area contributed by atoms with E-state index in [4.69, 9.17) is 4.74 Å². The smallest absolute Gasteiger partial charge is 0.262 e. The fourth-order valence-corrected chi connectivity index (χ4v) is 4.41. The zero-order valence-corrected chi connectivity index (χ0v) is 15.5. The zero-order valence-electron chi connectivity index (χ0n) is 10.7.